The predicted molar refractivity (Wildman–Crippen MR) is 73.1 cm³/mol. The summed E-state index contributed by atoms with van der Waals surface area (Å²) in [4.78, 5) is 12.2. The third-order valence-corrected chi connectivity index (χ3v) is 2.79. The van der Waals surface area contributed by atoms with Crippen LogP contribution < -0.4 is 5.32 Å². The quantitative estimate of drug-likeness (QED) is 0.845. The van der Waals surface area contributed by atoms with Gasteiger partial charge in [-0.15, -0.1) is 0 Å². The Kier molecular flexibility index (Phi) is 4.59. The molecule has 0 saturated heterocycles. The monoisotopic (exact) mass is 273 g/mol. The van der Waals surface area contributed by atoms with E-state index in [4.69, 9.17) is 23.2 Å². The molecule has 0 heterocycles. The summed E-state index contributed by atoms with van der Waals surface area (Å²) in [6, 6.07) is 4.63. The summed E-state index contributed by atoms with van der Waals surface area (Å²) in [5, 5.41) is 4.14. The Hall–Kier alpha value is -0.570. The molecule has 0 spiro atoms. The van der Waals surface area contributed by atoms with E-state index in [1.165, 1.54) is 0 Å². The first-order chi connectivity index (χ1) is 7.70. The number of nitrogens with one attached hydrogen (secondary N) is 1. The van der Waals surface area contributed by atoms with E-state index in [0.717, 1.165) is 0 Å². The standard InChI is InChI=1S/C13H17Cl2NO/c1-8(16-13(2,3)4)12(17)10-6-5-9(14)7-11(10)15/h5-8,16H,1-4H3. The number of carbonyl (C=O) groups excluding carboxylic acids is 1. The molecule has 1 N–H and O–H groups in total. The Labute approximate surface area is 112 Å². The zero-order valence-electron chi connectivity index (χ0n) is 10.5. The lowest BCUT2D eigenvalue weighted by Gasteiger charge is -2.25. The largest absolute Gasteiger partial charge is 0.303 e. The molecule has 0 radical (unpaired) electrons. The molecule has 1 aromatic carbocycles. The summed E-state index contributed by atoms with van der Waals surface area (Å²) < 4.78 is 0. The van der Waals surface area contributed by atoms with Crippen molar-refractivity contribution < 1.29 is 4.79 Å². The molecule has 1 atom stereocenters. The lowest BCUT2D eigenvalue weighted by molar-refractivity contribution is 0.0936. The molecule has 1 aromatic rings. The zero-order chi connectivity index (χ0) is 13.2. The number of ketones is 1. The van der Waals surface area contributed by atoms with Crippen molar-refractivity contribution in [2.75, 3.05) is 0 Å². The van der Waals surface area contributed by atoms with E-state index in [1.807, 2.05) is 27.7 Å². The van der Waals surface area contributed by atoms with Crippen molar-refractivity contribution in [3.63, 3.8) is 0 Å². The van der Waals surface area contributed by atoms with Crippen molar-refractivity contribution in [2.45, 2.75) is 39.3 Å². The summed E-state index contributed by atoms with van der Waals surface area (Å²) in [5.74, 6) is -0.0263. The van der Waals surface area contributed by atoms with Crippen LogP contribution in [0.5, 0.6) is 0 Å². The van der Waals surface area contributed by atoms with Crippen LogP contribution in [0.2, 0.25) is 10.0 Å². The Morgan fingerprint density at radius 1 is 1.29 bits per heavy atom. The Bertz CT molecular complexity index is 424. The van der Waals surface area contributed by atoms with Gasteiger partial charge in [-0.2, -0.15) is 0 Å². The molecule has 0 saturated carbocycles. The van der Waals surface area contributed by atoms with Crippen LogP contribution in [-0.2, 0) is 0 Å². The molecule has 0 bridgehead atoms. The van der Waals surface area contributed by atoms with Crippen LogP contribution in [0.3, 0.4) is 0 Å². The van der Waals surface area contributed by atoms with E-state index in [9.17, 15) is 4.79 Å². The summed E-state index contributed by atoms with van der Waals surface area (Å²) >= 11 is 11.8. The highest BCUT2D eigenvalue weighted by molar-refractivity contribution is 6.37. The summed E-state index contributed by atoms with van der Waals surface area (Å²) in [7, 11) is 0. The molecule has 1 unspecified atom stereocenters. The van der Waals surface area contributed by atoms with Crippen molar-refractivity contribution in [1.29, 1.82) is 0 Å². The maximum Gasteiger partial charge on any atom is 0.180 e. The van der Waals surface area contributed by atoms with Crippen molar-refractivity contribution in [1.82, 2.24) is 5.32 Å². The van der Waals surface area contributed by atoms with Crippen LogP contribution in [0, 0.1) is 0 Å². The molecule has 0 aliphatic carbocycles. The van der Waals surface area contributed by atoms with Gasteiger partial charge in [-0.05, 0) is 45.9 Å². The fourth-order valence-electron chi connectivity index (χ4n) is 1.64. The molecule has 17 heavy (non-hydrogen) atoms. The molecular weight excluding hydrogens is 257 g/mol. The fraction of sp³-hybridized carbons (Fsp3) is 0.462. The topological polar surface area (TPSA) is 29.1 Å². The van der Waals surface area contributed by atoms with Crippen LogP contribution in [0.25, 0.3) is 0 Å². The molecule has 4 heteroatoms. The number of carbonyl (C=O) groups is 1. The molecule has 0 aromatic heterocycles. The summed E-state index contributed by atoms with van der Waals surface area (Å²) in [6.45, 7) is 7.87. The minimum absolute atomic E-state index is 0.0263. The van der Waals surface area contributed by atoms with Gasteiger partial charge in [0.2, 0.25) is 0 Å². The minimum atomic E-state index is -0.284. The van der Waals surface area contributed by atoms with Crippen LogP contribution in [0.1, 0.15) is 38.1 Å². The lowest BCUT2D eigenvalue weighted by atomic mass is 10.0. The van der Waals surface area contributed by atoms with Gasteiger partial charge in [-0.1, -0.05) is 23.2 Å². The van der Waals surface area contributed by atoms with E-state index in [-0.39, 0.29) is 17.4 Å². The highest BCUT2D eigenvalue weighted by Crippen LogP contribution is 2.22. The maximum absolute atomic E-state index is 12.2. The second-order valence-electron chi connectivity index (χ2n) is 5.10. The molecule has 0 fully saturated rings. The minimum Gasteiger partial charge on any atom is -0.303 e. The van der Waals surface area contributed by atoms with Crippen LogP contribution in [0.15, 0.2) is 18.2 Å². The average Bonchev–Trinajstić information content (AvgIpc) is 2.14. The summed E-state index contributed by atoms with van der Waals surface area (Å²) in [6.07, 6.45) is 0. The molecular formula is C13H17Cl2NO. The van der Waals surface area contributed by atoms with Crippen LogP contribution >= 0.6 is 23.2 Å². The SMILES string of the molecule is CC(NC(C)(C)C)C(=O)c1ccc(Cl)cc1Cl. The van der Waals surface area contributed by atoms with E-state index >= 15 is 0 Å². The molecule has 0 aliphatic heterocycles. The van der Waals surface area contributed by atoms with Crippen LogP contribution in [0.4, 0.5) is 0 Å². The van der Waals surface area contributed by atoms with E-state index in [0.29, 0.717) is 15.6 Å². The number of Topliss-reactive ketones (excluding diaryl/α,β-unsaturated/α-hetero) is 1. The van der Waals surface area contributed by atoms with Gasteiger partial charge in [0, 0.05) is 16.1 Å². The van der Waals surface area contributed by atoms with Crippen LogP contribution in [-0.4, -0.2) is 17.4 Å². The third kappa shape index (κ3) is 4.30. The average molecular weight is 274 g/mol. The van der Waals surface area contributed by atoms with Gasteiger partial charge in [0.05, 0.1) is 11.1 Å². The van der Waals surface area contributed by atoms with Gasteiger partial charge < -0.3 is 5.32 Å². The van der Waals surface area contributed by atoms with Gasteiger partial charge in [0.25, 0.3) is 0 Å². The highest BCUT2D eigenvalue weighted by Gasteiger charge is 2.22. The first-order valence-electron chi connectivity index (χ1n) is 5.47. The van der Waals surface area contributed by atoms with E-state index in [2.05, 4.69) is 5.32 Å². The Balaban J connectivity index is 2.89. The zero-order valence-corrected chi connectivity index (χ0v) is 12.0. The third-order valence-electron chi connectivity index (χ3n) is 2.24. The van der Waals surface area contributed by atoms with Gasteiger partial charge >= 0.3 is 0 Å². The smallest absolute Gasteiger partial charge is 0.180 e. The van der Waals surface area contributed by atoms with E-state index in [1.54, 1.807) is 18.2 Å². The fourth-order valence-corrected chi connectivity index (χ4v) is 2.14. The molecule has 94 valence electrons. The highest BCUT2D eigenvalue weighted by atomic mass is 35.5. The van der Waals surface area contributed by atoms with Gasteiger partial charge in [0.15, 0.2) is 5.78 Å². The molecule has 0 amide bonds. The Morgan fingerprint density at radius 2 is 1.88 bits per heavy atom. The van der Waals surface area contributed by atoms with Gasteiger partial charge in [-0.3, -0.25) is 4.79 Å². The van der Waals surface area contributed by atoms with Crippen molar-refractivity contribution in [3.8, 4) is 0 Å². The maximum atomic E-state index is 12.2. The number of benzene rings is 1. The number of hydrogen-bond donors (Lipinski definition) is 1. The predicted octanol–water partition coefficient (Wildman–Crippen LogP) is 3.95. The molecule has 1 rings (SSSR count). The van der Waals surface area contributed by atoms with Gasteiger partial charge in [-0.25, -0.2) is 0 Å². The second kappa shape index (κ2) is 5.38. The van der Waals surface area contributed by atoms with Gasteiger partial charge in [0.1, 0.15) is 0 Å². The molecule has 2 nitrogen and oxygen atoms in total. The lowest BCUT2D eigenvalue weighted by Crippen LogP contribution is -2.46. The second-order valence-corrected chi connectivity index (χ2v) is 5.95. The van der Waals surface area contributed by atoms with Crippen molar-refractivity contribution in [3.05, 3.63) is 33.8 Å². The van der Waals surface area contributed by atoms with Crippen molar-refractivity contribution in [2.24, 2.45) is 0 Å². The summed E-state index contributed by atoms with van der Waals surface area (Å²) in [5.41, 5.74) is 0.383. The normalized spacial score (nSPS) is 13.5. The first-order valence-corrected chi connectivity index (χ1v) is 6.23. The number of rotatable bonds is 3. The number of hydrogen-bond acceptors (Lipinski definition) is 2. The van der Waals surface area contributed by atoms with E-state index < -0.39 is 0 Å². The Morgan fingerprint density at radius 3 is 2.35 bits per heavy atom. The first kappa shape index (κ1) is 14.5. The van der Waals surface area contributed by atoms with Crippen molar-refractivity contribution >= 4 is 29.0 Å². The molecule has 0 aliphatic rings. The number of halogens is 2.